The molecule has 5 nitrogen and oxygen atoms in total. The van der Waals surface area contributed by atoms with Gasteiger partial charge in [-0.25, -0.2) is 8.42 Å². The maximum atomic E-state index is 12.5. The van der Waals surface area contributed by atoms with Crippen LogP contribution in [0.1, 0.15) is 11.1 Å². The summed E-state index contributed by atoms with van der Waals surface area (Å²) < 4.78 is 29.3. The maximum absolute atomic E-state index is 12.5. The highest BCUT2D eigenvalue weighted by Gasteiger charge is 2.15. The van der Waals surface area contributed by atoms with Crippen LogP contribution in [0.3, 0.4) is 0 Å². The van der Waals surface area contributed by atoms with Crippen molar-refractivity contribution < 1.29 is 8.42 Å². The molecule has 27 heavy (non-hydrogen) atoms. The average Bonchev–Trinajstić information content (AvgIpc) is 3.08. The molecule has 0 aliphatic rings. The summed E-state index contributed by atoms with van der Waals surface area (Å²) in [5.74, 6) is 0.302. The highest BCUT2D eigenvalue weighted by atomic mass is 32.2. The number of nitrogens with zero attached hydrogens (tertiary/aromatic N) is 2. The number of benzene rings is 3. The molecule has 1 heterocycles. The van der Waals surface area contributed by atoms with Crippen LogP contribution >= 0.6 is 0 Å². The molecule has 136 valence electrons. The van der Waals surface area contributed by atoms with E-state index in [2.05, 4.69) is 34.1 Å². The zero-order chi connectivity index (χ0) is 18.9. The molecule has 0 amide bonds. The van der Waals surface area contributed by atoms with Gasteiger partial charge in [-0.15, -0.1) is 0 Å². The largest absolute Gasteiger partial charge is 0.266 e. The van der Waals surface area contributed by atoms with E-state index in [1.54, 1.807) is 41.2 Å². The van der Waals surface area contributed by atoms with Gasteiger partial charge in [0.2, 0.25) is 0 Å². The molecular weight excluding hydrogens is 358 g/mol. The average molecular weight is 377 g/mol. The van der Waals surface area contributed by atoms with E-state index < -0.39 is 10.0 Å². The lowest BCUT2D eigenvalue weighted by Crippen LogP contribution is -2.13. The van der Waals surface area contributed by atoms with Crippen LogP contribution in [-0.4, -0.2) is 18.2 Å². The van der Waals surface area contributed by atoms with Crippen molar-refractivity contribution in [2.45, 2.75) is 18.4 Å². The van der Waals surface area contributed by atoms with Crippen LogP contribution in [0.15, 0.2) is 83.9 Å². The summed E-state index contributed by atoms with van der Waals surface area (Å²) in [5, 5.41) is 6.70. The smallest absolute Gasteiger partial charge is 0.263 e. The summed E-state index contributed by atoms with van der Waals surface area (Å²) in [6.45, 7) is 2.48. The van der Waals surface area contributed by atoms with Gasteiger partial charge in [0.25, 0.3) is 10.0 Å². The molecule has 0 aliphatic heterocycles. The van der Waals surface area contributed by atoms with E-state index in [1.165, 1.54) is 5.39 Å². The lowest BCUT2D eigenvalue weighted by Gasteiger charge is -2.07. The zero-order valence-electron chi connectivity index (χ0n) is 14.8. The molecule has 3 aromatic carbocycles. The minimum absolute atomic E-state index is 0.219. The fraction of sp³-hybridized carbons (Fsp3) is 0.0952. The van der Waals surface area contributed by atoms with E-state index in [4.69, 9.17) is 0 Å². The van der Waals surface area contributed by atoms with Gasteiger partial charge < -0.3 is 0 Å². The molecule has 6 heteroatoms. The van der Waals surface area contributed by atoms with Crippen molar-refractivity contribution in [2.75, 3.05) is 4.72 Å². The first-order valence-electron chi connectivity index (χ1n) is 8.61. The van der Waals surface area contributed by atoms with Crippen LogP contribution in [0, 0.1) is 6.92 Å². The van der Waals surface area contributed by atoms with Crippen molar-refractivity contribution in [3.8, 4) is 0 Å². The number of anilines is 1. The summed E-state index contributed by atoms with van der Waals surface area (Å²) in [5.41, 5.74) is 2.14. The number of nitrogens with one attached hydrogen (secondary N) is 1. The van der Waals surface area contributed by atoms with E-state index in [0.717, 1.165) is 16.5 Å². The van der Waals surface area contributed by atoms with Gasteiger partial charge in [0.1, 0.15) is 0 Å². The number of fused-ring (bicyclic) bond motifs is 1. The van der Waals surface area contributed by atoms with Gasteiger partial charge in [0.05, 0.1) is 11.4 Å². The van der Waals surface area contributed by atoms with E-state index >= 15 is 0 Å². The fourth-order valence-corrected chi connectivity index (χ4v) is 4.02. The van der Waals surface area contributed by atoms with Crippen molar-refractivity contribution in [3.05, 3.63) is 90.1 Å². The maximum Gasteiger partial charge on any atom is 0.263 e. The van der Waals surface area contributed by atoms with Crippen molar-refractivity contribution in [1.82, 2.24) is 9.78 Å². The Morgan fingerprint density at radius 2 is 1.67 bits per heavy atom. The van der Waals surface area contributed by atoms with Gasteiger partial charge in [-0.05, 0) is 35.4 Å². The van der Waals surface area contributed by atoms with E-state index in [9.17, 15) is 8.42 Å². The van der Waals surface area contributed by atoms with Gasteiger partial charge >= 0.3 is 0 Å². The summed E-state index contributed by atoms with van der Waals surface area (Å²) in [4.78, 5) is 0.219. The number of hydrogen-bond acceptors (Lipinski definition) is 3. The van der Waals surface area contributed by atoms with Crippen LogP contribution in [0.2, 0.25) is 0 Å². The molecule has 0 fully saturated rings. The van der Waals surface area contributed by atoms with Crippen molar-refractivity contribution in [3.63, 3.8) is 0 Å². The highest BCUT2D eigenvalue weighted by molar-refractivity contribution is 7.92. The second-order valence-corrected chi connectivity index (χ2v) is 8.14. The first-order valence-corrected chi connectivity index (χ1v) is 10.1. The second kappa shape index (κ2) is 6.89. The van der Waals surface area contributed by atoms with Gasteiger partial charge in [-0.2, -0.15) is 5.10 Å². The van der Waals surface area contributed by atoms with Crippen LogP contribution < -0.4 is 4.72 Å². The molecule has 4 aromatic rings. The number of aryl methyl sites for hydroxylation is 1. The third-order valence-corrected chi connectivity index (χ3v) is 5.79. The van der Waals surface area contributed by atoms with Gasteiger partial charge in [-0.1, -0.05) is 60.2 Å². The quantitative estimate of drug-likeness (QED) is 0.567. The monoisotopic (exact) mass is 377 g/mol. The first-order chi connectivity index (χ1) is 13.0. The van der Waals surface area contributed by atoms with Crippen molar-refractivity contribution in [2.24, 2.45) is 0 Å². The molecule has 0 radical (unpaired) electrons. The van der Waals surface area contributed by atoms with Gasteiger partial charge in [-0.3, -0.25) is 9.40 Å². The molecule has 0 saturated carbocycles. The number of hydrogen-bond donors (Lipinski definition) is 1. The molecule has 0 atom stereocenters. The third kappa shape index (κ3) is 3.71. The van der Waals surface area contributed by atoms with Crippen LogP contribution in [0.4, 0.5) is 5.82 Å². The van der Waals surface area contributed by atoms with Crippen molar-refractivity contribution in [1.29, 1.82) is 0 Å². The van der Waals surface area contributed by atoms with E-state index in [1.807, 2.05) is 25.1 Å². The van der Waals surface area contributed by atoms with Crippen LogP contribution in [0.25, 0.3) is 10.8 Å². The van der Waals surface area contributed by atoms with Crippen LogP contribution in [0.5, 0.6) is 0 Å². The van der Waals surface area contributed by atoms with E-state index in [0.29, 0.717) is 12.4 Å². The molecule has 0 bridgehead atoms. The predicted octanol–water partition coefficient (Wildman–Crippen LogP) is 4.19. The summed E-state index contributed by atoms with van der Waals surface area (Å²) >= 11 is 0. The van der Waals surface area contributed by atoms with Crippen LogP contribution in [-0.2, 0) is 16.6 Å². The van der Waals surface area contributed by atoms with E-state index in [-0.39, 0.29) is 4.90 Å². The SMILES string of the molecule is Cc1ccc(S(=O)(=O)Nc2ccn(Cc3cccc4ccccc34)n2)cc1. The Hall–Kier alpha value is -3.12. The Kier molecular flexibility index (Phi) is 4.41. The number of rotatable bonds is 5. The molecule has 1 aromatic heterocycles. The molecular formula is C21H19N3O2S. The topological polar surface area (TPSA) is 64.0 Å². The highest BCUT2D eigenvalue weighted by Crippen LogP contribution is 2.20. The fourth-order valence-electron chi connectivity index (χ4n) is 3.02. The normalized spacial score (nSPS) is 11.6. The summed E-state index contributed by atoms with van der Waals surface area (Å²) in [7, 11) is -3.65. The first kappa shape index (κ1) is 17.3. The molecule has 0 unspecified atom stereocenters. The Balaban J connectivity index is 1.56. The lowest BCUT2D eigenvalue weighted by atomic mass is 10.0. The lowest BCUT2D eigenvalue weighted by molar-refractivity contribution is 0.600. The molecule has 0 aliphatic carbocycles. The number of sulfonamides is 1. The van der Waals surface area contributed by atoms with Gasteiger partial charge in [0.15, 0.2) is 5.82 Å². The Labute approximate surface area is 158 Å². The second-order valence-electron chi connectivity index (χ2n) is 6.46. The summed E-state index contributed by atoms with van der Waals surface area (Å²) in [6.07, 6.45) is 1.77. The Bertz CT molecular complexity index is 1190. The molecule has 0 spiro atoms. The predicted molar refractivity (Wildman–Crippen MR) is 107 cm³/mol. The van der Waals surface area contributed by atoms with Crippen molar-refractivity contribution >= 4 is 26.6 Å². The third-order valence-electron chi connectivity index (χ3n) is 4.42. The standard InChI is InChI=1S/C21H19N3O2S/c1-16-9-11-19(12-10-16)27(25,26)23-21-13-14-24(22-21)15-18-7-4-6-17-5-2-3-8-20(17)18/h2-14H,15H2,1H3,(H,22,23). The zero-order valence-corrected chi connectivity index (χ0v) is 15.6. The Morgan fingerprint density at radius 3 is 2.48 bits per heavy atom. The molecule has 0 saturated heterocycles. The Morgan fingerprint density at radius 1 is 0.926 bits per heavy atom. The minimum atomic E-state index is -3.65. The number of aromatic nitrogens is 2. The van der Waals surface area contributed by atoms with Gasteiger partial charge in [0, 0.05) is 12.3 Å². The molecule has 4 rings (SSSR count). The minimum Gasteiger partial charge on any atom is -0.266 e. The molecule has 1 N–H and O–H groups in total. The summed E-state index contributed by atoms with van der Waals surface area (Å²) in [6, 6.07) is 22.7.